The van der Waals surface area contributed by atoms with Gasteiger partial charge in [-0.25, -0.2) is 9.13 Å². The summed E-state index contributed by atoms with van der Waals surface area (Å²) in [6, 6.07) is 0. The maximum absolute atomic E-state index is 13.0. The number of rotatable bonds is 67. The first kappa shape index (κ1) is 85.1. The SMILES string of the molecule is CCCCCCCCCCCCCC(=O)O[C@H](COC(=O)CCCCCCCCCC)COP(=O)(O)OC[C@H](O)COP(=O)(O)OC[C@@H](COC(=O)CCCCCCCCCCCCC(C)C)OC(=O)CCCCCCCCCCCCCCC(C)C. The fourth-order valence-corrected chi connectivity index (χ4v) is 11.8. The lowest BCUT2D eigenvalue weighted by molar-refractivity contribution is -0.161. The van der Waals surface area contributed by atoms with Gasteiger partial charge in [-0.05, 0) is 37.5 Å². The summed E-state index contributed by atoms with van der Waals surface area (Å²) in [5, 5.41) is 10.6. The van der Waals surface area contributed by atoms with Gasteiger partial charge in [0, 0.05) is 25.7 Å². The molecule has 0 aliphatic rings. The number of hydrogen-bond donors (Lipinski definition) is 3. The zero-order valence-electron chi connectivity index (χ0n) is 56.3. The van der Waals surface area contributed by atoms with Gasteiger partial charge in [-0.2, -0.15) is 0 Å². The zero-order valence-corrected chi connectivity index (χ0v) is 58.1. The number of carbonyl (C=O) groups excluding carboxylic acids is 4. The van der Waals surface area contributed by atoms with Crippen molar-refractivity contribution < 1.29 is 80.2 Å². The summed E-state index contributed by atoms with van der Waals surface area (Å²) < 4.78 is 68.1. The number of unbranched alkanes of at least 4 members (excludes halogenated alkanes) is 37. The van der Waals surface area contributed by atoms with Crippen LogP contribution in [0.4, 0.5) is 0 Å². The van der Waals surface area contributed by atoms with Crippen LogP contribution in [-0.2, 0) is 65.4 Å². The molecule has 0 aromatic rings. The standard InChI is InChI=1S/C68H132O17P2/c1-7-9-11-13-15-17-20-28-34-40-46-52-67(72)84-63(56-78-65(70)50-44-38-32-16-14-12-10-8-2)58-82-86(74,75)80-54-62(69)55-81-87(76,77)83-59-64(57-79-66(71)51-45-39-33-27-24-23-26-31-37-43-49-61(5)6)85-68(73)53-47-41-35-29-22-19-18-21-25-30-36-42-48-60(3)4/h60-64,69H,7-59H2,1-6H3,(H,74,75)(H,76,77)/t62-,63+,64+/m0/s1. The molecule has 0 heterocycles. The Morgan fingerprint density at radius 3 is 0.782 bits per heavy atom. The lowest BCUT2D eigenvalue weighted by Crippen LogP contribution is -2.30. The molecule has 0 aromatic heterocycles. The highest BCUT2D eigenvalue weighted by Crippen LogP contribution is 2.45. The van der Waals surface area contributed by atoms with Crippen molar-refractivity contribution in [2.24, 2.45) is 11.8 Å². The van der Waals surface area contributed by atoms with Crippen LogP contribution in [0.25, 0.3) is 0 Å². The largest absolute Gasteiger partial charge is 0.472 e. The molecule has 0 fully saturated rings. The Bertz CT molecular complexity index is 1700. The molecule has 0 aliphatic heterocycles. The number of phosphoric acid groups is 2. The molecule has 0 aromatic carbocycles. The van der Waals surface area contributed by atoms with Gasteiger partial charge in [0.2, 0.25) is 0 Å². The topological polar surface area (TPSA) is 237 Å². The molecule has 2 unspecified atom stereocenters. The molecule has 0 amide bonds. The number of hydrogen-bond acceptors (Lipinski definition) is 15. The Labute approximate surface area is 530 Å². The monoisotopic (exact) mass is 1280 g/mol. The fraction of sp³-hybridized carbons (Fsp3) is 0.941. The van der Waals surface area contributed by atoms with Gasteiger partial charge in [-0.1, -0.05) is 292 Å². The Kier molecular flexibility index (Phi) is 59.0. The van der Waals surface area contributed by atoms with E-state index in [0.29, 0.717) is 25.7 Å². The third-order valence-electron chi connectivity index (χ3n) is 15.7. The van der Waals surface area contributed by atoms with E-state index < -0.39 is 97.5 Å². The highest BCUT2D eigenvalue weighted by atomic mass is 31.2. The predicted molar refractivity (Wildman–Crippen MR) is 349 cm³/mol. The Morgan fingerprint density at radius 1 is 0.310 bits per heavy atom. The first-order valence-electron chi connectivity index (χ1n) is 35.5. The summed E-state index contributed by atoms with van der Waals surface area (Å²) >= 11 is 0. The third kappa shape index (κ3) is 62.6. The maximum atomic E-state index is 13.0. The van der Waals surface area contributed by atoms with Crippen molar-refractivity contribution in [2.45, 2.75) is 362 Å². The highest BCUT2D eigenvalue weighted by Gasteiger charge is 2.30. The predicted octanol–water partition coefficient (Wildman–Crippen LogP) is 19.2. The van der Waals surface area contributed by atoms with Crippen molar-refractivity contribution in [3.05, 3.63) is 0 Å². The normalized spacial score (nSPS) is 14.2. The van der Waals surface area contributed by atoms with Crippen molar-refractivity contribution in [3.63, 3.8) is 0 Å². The number of phosphoric ester groups is 2. The minimum atomic E-state index is -4.95. The van der Waals surface area contributed by atoms with E-state index in [2.05, 4.69) is 41.5 Å². The second kappa shape index (κ2) is 60.3. The van der Waals surface area contributed by atoms with Gasteiger partial charge in [0.05, 0.1) is 26.4 Å². The molecule has 17 nitrogen and oxygen atoms in total. The highest BCUT2D eigenvalue weighted by molar-refractivity contribution is 7.47. The van der Waals surface area contributed by atoms with Gasteiger partial charge in [0.1, 0.15) is 19.3 Å². The Hall–Kier alpha value is -1.94. The van der Waals surface area contributed by atoms with Gasteiger partial charge in [0.25, 0.3) is 0 Å². The van der Waals surface area contributed by atoms with Gasteiger partial charge >= 0.3 is 39.5 Å². The van der Waals surface area contributed by atoms with E-state index >= 15 is 0 Å². The fourth-order valence-electron chi connectivity index (χ4n) is 10.2. The number of carbonyl (C=O) groups is 4. The van der Waals surface area contributed by atoms with E-state index in [1.165, 1.54) is 154 Å². The summed E-state index contributed by atoms with van der Waals surface area (Å²) in [5.74, 6) is -0.593. The van der Waals surface area contributed by atoms with Crippen LogP contribution in [0.2, 0.25) is 0 Å². The van der Waals surface area contributed by atoms with Crippen molar-refractivity contribution in [1.29, 1.82) is 0 Å². The zero-order chi connectivity index (χ0) is 64.3. The molecule has 0 spiro atoms. The Morgan fingerprint density at radius 2 is 0.529 bits per heavy atom. The lowest BCUT2D eigenvalue weighted by Gasteiger charge is -2.21. The van der Waals surface area contributed by atoms with Crippen LogP contribution in [0.5, 0.6) is 0 Å². The van der Waals surface area contributed by atoms with Crippen molar-refractivity contribution in [2.75, 3.05) is 39.6 Å². The van der Waals surface area contributed by atoms with Crippen LogP contribution in [0.3, 0.4) is 0 Å². The van der Waals surface area contributed by atoms with Gasteiger partial charge in [-0.3, -0.25) is 37.3 Å². The van der Waals surface area contributed by atoms with E-state index in [1.807, 2.05) is 0 Å². The van der Waals surface area contributed by atoms with Gasteiger partial charge < -0.3 is 33.8 Å². The molecule has 19 heteroatoms. The molecule has 3 N–H and O–H groups in total. The van der Waals surface area contributed by atoms with Crippen LogP contribution in [-0.4, -0.2) is 96.7 Å². The smallest absolute Gasteiger partial charge is 0.462 e. The maximum Gasteiger partial charge on any atom is 0.472 e. The average Bonchev–Trinajstić information content (AvgIpc) is 3.53. The number of aliphatic hydroxyl groups excluding tert-OH is 1. The minimum absolute atomic E-state index is 0.107. The van der Waals surface area contributed by atoms with E-state index in [4.69, 9.17) is 37.0 Å². The van der Waals surface area contributed by atoms with E-state index in [9.17, 15) is 43.2 Å². The molecule has 0 rings (SSSR count). The minimum Gasteiger partial charge on any atom is -0.462 e. The summed E-state index contributed by atoms with van der Waals surface area (Å²) in [4.78, 5) is 72.4. The Balaban J connectivity index is 5.23. The van der Waals surface area contributed by atoms with Crippen LogP contribution in [0, 0.1) is 11.8 Å². The van der Waals surface area contributed by atoms with Crippen molar-refractivity contribution in [3.8, 4) is 0 Å². The van der Waals surface area contributed by atoms with Crippen molar-refractivity contribution in [1.82, 2.24) is 0 Å². The first-order chi connectivity index (χ1) is 41.9. The molecule has 0 saturated carbocycles. The molecular weight excluding hydrogens is 1150 g/mol. The second-order valence-electron chi connectivity index (χ2n) is 25.5. The summed E-state index contributed by atoms with van der Waals surface area (Å²) in [6.07, 6.45) is 44.4. The summed E-state index contributed by atoms with van der Waals surface area (Å²) in [7, 11) is -9.89. The van der Waals surface area contributed by atoms with Crippen LogP contribution in [0.15, 0.2) is 0 Å². The lowest BCUT2D eigenvalue weighted by atomic mass is 10.0. The average molecular weight is 1280 g/mol. The number of ether oxygens (including phenoxy) is 4. The van der Waals surface area contributed by atoms with Crippen LogP contribution >= 0.6 is 15.6 Å². The van der Waals surface area contributed by atoms with E-state index in [1.54, 1.807) is 0 Å². The molecule has 516 valence electrons. The van der Waals surface area contributed by atoms with Crippen LogP contribution < -0.4 is 0 Å². The molecule has 5 atom stereocenters. The summed E-state index contributed by atoms with van der Waals surface area (Å²) in [6.45, 7) is 9.51. The first-order valence-corrected chi connectivity index (χ1v) is 38.5. The second-order valence-corrected chi connectivity index (χ2v) is 28.4. The van der Waals surface area contributed by atoms with Crippen molar-refractivity contribution >= 4 is 39.5 Å². The molecule has 0 saturated heterocycles. The third-order valence-corrected chi connectivity index (χ3v) is 17.6. The molecular formula is C68H132O17P2. The molecule has 0 aliphatic carbocycles. The van der Waals surface area contributed by atoms with E-state index in [0.717, 1.165) is 108 Å². The molecule has 0 bridgehead atoms. The van der Waals surface area contributed by atoms with Gasteiger partial charge in [-0.15, -0.1) is 0 Å². The molecule has 87 heavy (non-hydrogen) atoms. The van der Waals surface area contributed by atoms with Gasteiger partial charge in [0.15, 0.2) is 12.2 Å². The molecule has 0 radical (unpaired) electrons. The number of aliphatic hydroxyl groups is 1. The summed E-state index contributed by atoms with van der Waals surface area (Å²) in [5.41, 5.74) is 0. The van der Waals surface area contributed by atoms with E-state index in [-0.39, 0.29) is 25.7 Å². The number of esters is 4. The quantitative estimate of drug-likeness (QED) is 0.0222. The van der Waals surface area contributed by atoms with Crippen LogP contribution in [0.1, 0.15) is 343 Å².